The van der Waals surface area contributed by atoms with Crippen LogP contribution in [-0.2, 0) is 11.2 Å². The lowest BCUT2D eigenvalue weighted by Gasteiger charge is -2.20. The minimum Gasteiger partial charge on any atom is -0.344 e. The van der Waals surface area contributed by atoms with Gasteiger partial charge in [-0.1, -0.05) is 17.3 Å². The van der Waals surface area contributed by atoms with Gasteiger partial charge in [-0.05, 0) is 61.2 Å². The molecule has 1 aliphatic rings. The second kappa shape index (κ2) is 7.46. The molecule has 0 unspecified atom stereocenters. The minimum absolute atomic E-state index is 0.0195. The maximum atomic E-state index is 13.3. The van der Waals surface area contributed by atoms with Gasteiger partial charge in [0.1, 0.15) is 5.82 Å². The lowest BCUT2D eigenvalue weighted by molar-refractivity contribution is -0.116. The van der Waals surface area contributed by atoms with E-state index in [0.717, 1.165) is 16.8 Å². The molecule has 0 saturated heterocycles. The fourth-order valence-electron chi connectivity index (χ4n) is 3.39. The van der Waals surface area contributed by atoms with Gasteiger partial charge in [-0.25, -0.2) is 9.07 Å². The van der Waals surface area contributed by atoms with Crippen LogP contribution in [-0.4, -0.2) is 26.8 Å². The summed E-state index contributed by atoms with van der Waals surface area (Å²) in [6.45, 7) is 3.65. The monoisotopic (exact) mass is 393 g/mol. The number of amides is 2. The van der Waals surface area contributed by atoms with Gasteiger partial charge in [-0.2, -0.15) is 0 Å². The van der Waals surface area contributed by atoms with Crippen LogP contribution in [0.25, 0.3) is 5.69 Å². The molecule has 2 heterocycles. The predicted octanol–water partition coefficient (Wildman–Crippen LogP) is 3.09. The van der Waals surface area contributed by atoms with Crippen LogP contribution in [0, 0.1) is 12.7 Å². The Balaban J connectivity index is 1.48. The average molecular weight is 393 g/mol. The molecule has 0 spiro atoms. The molecule has 0 radical (unpaired) electrons. The zero-order valence-corrected chi connectivity index (χ0v) is 16.1. The summed E-state index contributed by atoms with van der Waals surface area (Å²) < 4.78 is 14.8. The Morgan fingerprint density at radius 2 is 2.07 bits per heavy atom. The van der Waals surface area contributed by atoms with Gasteiger partial charge in [0, 0.05) is 12.1 Å². The highest BCUT2D eigenvalue weighted by Crippen LogP contribution is 2.26. The Morgan fingerprint density at radius 1 is 1.24 bits per heavy atom. The number of nitrogens with one attached hydrogen (secondary N) is 2. The molecule has 7 nitrogen and oxygen atoms in total. The Labute approximate surface area is 166 Å². The van der Waals surface area contributed by atoms with Crippen molar-refractivity contribution in [2.75, 3.05) is 5.32 Å². The lowest BCUT2D eigenvalue weighted by Crippen LogP contribution is -2.27. The molecule has 2 amide bonds. The van der Waals surface area contributed by atoms with E-state index in [1.54, 1.807) is 13.0 Å². The molecular weight excluding hydrogens is 373 g/mol. The van der Waals surface area contributed by atoms with Crippen molar-refractivity contribution in [3.05, 3.63) is 70.8 Å². The van der Waals surface area contributed by atoms with Gasteiger partial charge in [-0.15, -0.1) is 5.10 Å². The van der Waals surface area contributed by atoms with Crippen molar-refractivity contribution >= 4 is 17.5 Å². The molecule has 0 fully saturated rings. The zero-order chi connectivity index (χ0) is 20.5. The van der Waals surface area contributed by atoms with E-state index in [-0.39, 0.29) is 29.4 Å². The molecule has 0 saturated carbocycles. The number of aromatic nitrogens is 3. The number of rotatable bonds is 4. The molecule has 1 atom stereocenters. The largest absolute Gasteiger partial charge is 0.344 e. The maximum absolute atomic E-state index is 13.3. The van der Waals surface area contributed by atoms with Gasteiger partial charge in [0.05, 0.1) is 17.9 Å². The van der Waals surface area contributed by atoms with Crippen LogP contribution in [0.1, 0.15) is 46.6 Å². The topological polar surface area (TPSA) is 88.9 Å². The Kier molecular flexibility index (Phi) is 4.84. The molecule has 0 bridgehead atoms. The van der Waals surface area contributed by atoms with Crippen LogP contribution < -0.4 is 10.6 Å². The number of fused-ring (bicyclic) bond motifs is 1. The summed E-state index contributed by atoms with van der Waals surface area (Å²) >= 11 is 0. The SMILES string of the molecule is Cc1cc(F)ccc1-n1cc(C(=O)N[C@H](C)c2ccc3c(c2)CCC(=O)N3)nn1. The summed E-state index contributed by atoms with van der Waals surface area (Å²) in [6, 6.07) is 9.82. The van der Waals surface area contributed by atoms with E-state index in [2.05, 4.69) is 20.9 Å². The van der Waals surface area contributed by atoms with Gasteiger partial charge in [0.25, 0.3) is 5.91 Å². The Hall–Kier alpha value is -3.55. The minimum atomic E-state index is -0.352. The van der Waals surface area contributed by atoms with Crippen LogP contribution in [0.2, 0.25) is 0 Å². The third-order valence-corrected chi connectivity index (χ3v) is 5.00. The number of hydrogen-bond acceptors (Lipinski definition) is 4. The first kappa shape index (κ1) is 18.8. The van der Waals surface area contributed by atoms with Crippen LogP contribution >= 0.6 is 0 Å². The van der Waals surface area contributed by atoms with E-state index in [9.17, 15) is 14.0 Å². The summed E-state index contributed by atoms with van der Waals surface area (Å²) in [4.78, 5) is 24.1. The fraction of sp³-hybridized carbons (Fsp3) is 0.238. The summed E-state index contributed by atoms with van der Waals surface area (Å²) in [5.41, 5.74) is 4.34. The van der Waals surface area contributed by atoms with Crippen molar-refractivity contribution in [3.8, 4) is 5.69 Å². The van der Waals surface area contributed by atoms with Gasteiger partial charge >= 0.3 is 0 Å². The number of halogens is 1. The quantitative estimate of drug-likeness (QED) is 0.713. The molecule has 4 rings (SSSR count). The molecule has 29 heavy (non-hydrogen) atoms. The normalized spacial score (nSPS) is 14.1. The maximum Gasteiger partial charge on any atom is 0.273 e. The summed E-state index contributed by atoms with van der Waals surface area (Å²) in [5, 5.41) is 13.7. The first-order chi connectivity index (χ1) is 13.9. The molecule has 1 aromatic heterocycles. The highest BCUT2D eigenvalue weighted by Gasteiger charge is 2.19. The van der Waals surface area contributed by atoms with Crippen molar-refractivity contribution < 1.29 is 14.0 Å². The molecule has 2 N–H and O–H groups in total. The third kappa shape index (κ3) is 3.87. The molecule has 0 aliphatic carbocycles. The van der Waals surface area contributed by atoms with Crippen molar-refractivity contribution in [3.63, 3.8) is 0 Å². The number of carbonyl (C=O) groups excluding carboxylic acids is 2. The van der Waals surface area contributed by atoms with E-state index in [1.165, 1.54) is 23.0 Å². The lowest BCUT2D eigenvalue weighted by atomic mass is 9.98. The highest BCUT2D eigenvalue weighted by atomic mass is 19.1. The summed E-state index contributed by atoms with van der Waals surface area (Å²) in [5.74, 6) is -0.664. The average Bonchev–Trinajstić information content (AvgIpc) is 3.17. The first-order valence-electron chi connectivity index (χ1n) is 9.33. The third-order valence-electron chi connectivity index (χ3n) is 5.00. The van der Waals surface area contributed by atoms with E-state index in [0.29, 0.717) is 24.1 Å². The smallest absolute Gasteiger partial charge is 0.273 e. The number of nitrogens with zero attached hydrogens (tertiary/aromatic N) is 3. The Morgan fingerprint density at radius 3 is 2.86 bits per heavy atom. The number of benzene rings is 2. The van der Waals surface area contributed by atoms with Crippen LogP contribution in [0.5, 0.6) is 0 Å². The van der Waals surface area contributed by atoms with Crippen molar-refractivity contribution in [2.24, 2.45) is 0 Å². The van der Waals surface area contributed by atoms with Crippen LogP contribution in [0.4, 0.5) is 10.1 Å². The highest BCUT2D eigenvalue weighted by molar-refractivity contribution is 5.94. The van der Waals surface area contributed by atoms with Crippen LogP contribution in [0.3, 0.4) is 0 Å². The van der Waals surface area contributed by atoms with E-state index < -0.39 is 0 Å². The molecule has 2 aromatic carbocycles. The van der Waals surface area contributed by atoms with Crippen LogP contribution in [0.15, 0.2) is 42.6 Å². The number of hydrogen-bond donors (Lipinski definition) is 2. The van der Waals surface area contributed by atoms with Gasteiger partial charge in [0.2, 0.25) is 5.91 Å². The standard InChI is InChI=1S/C21H20FN5O2/c1-12-9-16(22)5-7-19(12)27-11-18(25-26-27)21(29)23-13(2)14-3-6-17-15(10-14)4-8-20(28)24-17/h3,5-7,9-11,13H,4,8H2,1-2H3,(H,23,29)(H,24,28)/t13-/m1/s1. The predicted molar refractivity (Wildman–Crippen MR) is 105 cm³/mol. The number of anilines is 1. The molecule has 8 heteroatoms. The van der Waals surface area contributed by atoms with Crippen molar-refractivity contribution in [1.82, 2.24) is 20.3 Å². The van der Waals surface area contributed by atoms with Gasteiger partial charge in [-0.3, -0.25) is 9.59 Å². The second-order valence-corrected chi connectivity index (χ2v) is 7.14. The van der Waals surface area contributed by atoms with Crippen molar-refractivity contribution in [2.45, 2.75) is 32.7 Å². The molecule has 148 valence electrons. The van der Waals surface area contributed by atoms with E-state index in [4.69, 9.17) is 0 Å². The van der Waals surface area contributed by atoms with Crippen molar-refractivity contribution in [1.29, 1.82) is 0 Å². The fourth-order valence-corrected chi connectivity index (χ4v) is 3.39. The van der Waals surface area contributed by atoms with Gasteiger partial charge < -0.3 is 10.6 Å². The first-order valence-corrected chi connectivity index (χ1v) is 9.33. The second-order valence-electron chi connectivity index (χ2n) is 7.14. The number of carbonyl (C=O) groups is 2. The molecule has 1 aliphatic heterocycles. The Bertz CT molecular complexity index is 1110. The molecule has 3 aromatic rings. The van der Waals surface area contributed by atoms with E-state index >= 15 is 0 Å². The van der Waals surface area contributed by atoms with Gasteiger partial charge in [0.15, 0.2) is 5.69 Å². The summed E-state index contributed by atoms with van der Waals surface area (Å²) in [7, 11) is 0. The summed E-state index contributed by atoms with van der Waals surface area (Å²) in [6.07, 6.45) is 2.66. The number of aryl methyl sites for hydroxylation is 2. The zero-order valence-electron chi connectivity index (χ0n) is 16.1. The van der Waals surface area contributed by atoms with E-state index in [1.807, 2.05) is 25.1 Å². The molecular formula is C21H20FN5O2.